The average molecular weight is 517 g/mol. The molecule has 1 aliphatic heterocycles. The van der Waals surface area contributed by atoms with Crippen LogP contribution in [0.2, 0.25) is 0 Å². The molecule has 0 unspecified atom stereocenters. The van der Waals surface area contributed by atoms with Gasteiger partial charge in [0, 0.05) is 48.4 Å². The monoisotopic (exact) mass is 516 g/mol. The number of rotatable bonds is 8. The third-order valence-electron chi connectivity index (χ3n) is 7.32. The molecule has 0 atom stereocenters. The number of carbonyl (C=O) groups excluding carboxylic acids is 1. The quantitative estimate of drug-likeness (QED) is 0.317. The number of ketones is 1. The number of fused-ring (bicyclic) bond motifs is 2. The van der Waals surface area contributed by atoms with Crippen molar-refractivity contribution in [2.45, 2.75) is 33.4 Å². The molecule has 0 saturated heterocycles. The molecular weight excluding hydrogens is 484 g/mol. The highest BCUT2D eigenvalue weighted by molar-refractivity contribution is 6.10. The predicted octanol–water partition coefficient (Wildman–Crippen LogP) is 4.59. The van der Waals surface area contributed by atoms with Crippen molar-refractivity contribution in [3.63, 3.8) is 0 Å². The summed E-state index contributed by atoms with van der Waals surface area (Å²) in [6.07, 6.45) is 2.16. The first-order chi connectivity index (χ1) is 18.3. The molecule has 0 saturated carbocycles. The Morgan fingerprint density at radius 1 is 1.00 bits per heavy atom. The summed E-state index contributed by atoms with van der Waals surface area (Å²) in [5, 5.41) is 0.880. The van der Waals surface area contributed by atoms with Gasteiger partial charge in [-0.25, -0.2) is 0 Å². The second kappa shape index (κ2) is 10.4. The minimum atomic E-state index is -0.312. The standard InChI is InChI=1S/C30H32N2O6/c1-18-6-7-23-24(10-18)31(3)19(2)30(23)26(34)16-38-29-17-37-22(13-25(29)33)15-32-9-8-20-11-27(35-4)28(36-5)12-21(20)14-32/h6-7,10-13,17H,8-9,14-16H2,1-5H3. The van der Waals surface area contributed by atoms with Gasteiger partial charge in [-0.2, -0.15) is 0 Å². The van der Waals surface area contributed by atoms with Gasteiger partial charge in [-0.3, -0.25) is 14.5 Å². The Bertz CT molecular complexity index is 1580. The highest BCUT2D eigenvalue weighted by atomic mass is 16.5. The van der Waals surface area contributed by atoms with Gasteiger partial charge in [0.15, 0.2) is 18.1 Å². The van der Waals surface area contributed by atoms with Gasteiger partial charge in [-0.05, 0) is 55.2 Å². The van der Waals surface area contributed by atoms with E-state index in [0.29, 0.717) is 30.2 Å². The van der Waals surface area contributed by atoms with Gasteiger partial charge < -0.3 is 23.2 Å². The van der Waals surface area contributed by atoms with Crippen molar-refractivity contribution in [1.82, 2.24) is 9.47 Å². The minimum absolute atomic E-state index is 0.0247. The number of Topliss-reactive ketones (excluding diaryl/α,β-unsaturated/α-hetero) is 1. The van der Waals surface area contributed by atoms with Gasteiger partial charge >= 0.3 is 0 Å². The van der Waals surface area contributed by atoms with E-state index in [9.17, 15) is 9.59 Å². The molecule has 38 heavy (non-hydrogen) atoms. The molecule has 8 heteroatoms. The van der Waals surface area contributed by atoms with Crippen LogP contribution in [0.15, 0.2) is 51.9 Å². The van der Waals surface area contributed by atoms with Crippen LogP contribution >= 0.6 is 0 Å². The Kier molecular flexibility index (Phi) is 6.99. The zero-order valence-corrected chi connectivity index (χ0v) is 22.4. The summed E-state index contributed by atoms with van der Waals surface area (Å²) < 4.78 is 24.2. The Balaban J connectivity index is 1.25. The maximum atomic E-state index is 13.1. The lowest BCUT2D eigenvalue weighted by Crippen LogP contribution is -2.30. The Labute approximate surface area is 221 Å². The van der Waals surface area contributed by atoms with Crippen LogP contribution in [-0.2, 0) is 26.6 Å². The average Bonchev–Trinajstić information content (AvgIpc) is 3.16. The number of hydrogen-bond donors (Lipinski definition) is 0. The summed E-state index contributed by atoms with van der Waals surface area (Å²) in [7, 11) is 5.20. The fourth-order valence-electron chi connectivity index (χ4n) is 5.16. The number of aryl methyl sites for hydroxylation is 2. The van der Waals surface area contributed by atoms with Crippen LogP contribution < -0.4 is 19.6 Å². The largest absolute Gasteiger partial charge is 0.493 e. The van der Waals surface area contributed by atoms with E-state index in [1.807, 2.05) is 49.7 Å². The zero-order chi connectivity index (χ0) is 27.0. The van der Waals surface area contributed by atoms with Crippen LogP contribution in [0.3, 0.4) is 0 Å². The van der Waals surface area contributed by atoms with Gasteiger partial charge in [0.05, 0.1) is 20.8 Å². The highest BCUT2D eigenvalue weighted by Gasteiger charge is 2.22. The molecule has 8 nitrogen and oxygen atoms in total. The topological polar surface area (TPSA) is 83.1 Å². The van der Waals surface area contributed by atoms with Crippen LogP contribution in [0.5, 0.6) is 17.2 Å². The SMILES string of the molecule is COc1cc2c(cc1OC)CN(Cc1cc(=O)c(OCC(=O)c3c(C)n(C)c4cc(C)ccc34)co1)CC2. The lowest BCUT2D eigenvalue weighted by molar-refractivity contribution is 0.0919. The van der Waals surface area contributed by atoms with Gasteiger partial charge in [0.1, 0.15) is 12.0 Å². The first-order valence-corrected chi connectivity index (χ1v) is 12.6. The summed E-state index contributed by atoms with van der Waals surface area (Å²) in [5.74, 6) is 1.81. The van der Waals surface area contributed by atoms with E-state index in [2.05, 4.69) is 11.0 Å². The molecule has 0 N–H and O–H groups in total. The van der Waals surface area contributed by atoms with E-state index in [-0.39, 0.29) is 23.6 Å². The van der Waals surface area contributed by atoms with E-state index in [1.54, 1.807) is 14.2 Å². The summed E-state index contributed by atoms with van der Waals surface area (Å²) in [6.45, 7) is 5.70. The summed E-state index contributed by atoms with van der Waals surface area (Å²) >= 11 is 0. The summed E-state index contributed by atoms with van der Waals surface area (Å²) in [4.78, 5) is 28.0. The van der Waals surface area contributed by atoms with Crippen molar-refractivity contribution in [3.05, 3.63) is 86.6 Å². The molecule has 0 spiro atoms. The number of benzene rings is 2. The van der Waals surface area contributed by atoms with E-state index >= 15 is 0 Å². The first-order valence-electron chi connectivity index (χ1n) is 12.6. The van der Waals surface area contributed by atoms with Gasteiger partial charge in [0.25, 0.3) is 0 Å². The molecule has 0 amide bonds. The zero-order valence-electron chi connectivity index (χ0n) is 22.4. The third kappa shape index (κ3) is 4.79. The van der Waals surface area contributed by atoms with Crippen LogP contribution in [0.25, 0.3) is 10.9 Å². The van der Waals surface area contributed by atoms with Gasteiger partial charge in [-0.15, -0.1) is 0 Å². The van der Waals surface area contributed by atoms with Gasteiger partial charge in [0.2, 0.25) is 17.0 Å². The molecular formula is C30H32N2O6. The smallest absolute Gasteiger partial charge is 0.227 e. The number of methoxy groups -OCH3 is 2. The molecule has 198 valence electrons. The normalized spacial score (nSPS) is 13.4. The molecule has 0 bridgehead atoms. The van der Waals surface area contributed by atoms with Gasteiger partial charge in [-0.1, -0.05) is 12.1 Å². The molecule has 4 aromatic rings. The van der Waals surface area contributed by atoms with E-state index < -0.39 is 0 Å². The third-order valence-corrected chi connectivity index (χ3v) is 7.32. The first kappa shape index (κ1) is 25.6. The molecule has 0 fully saturated rings. The predicted molar refractivity (Wildman–Crippen MR) is 145 cm³/mol. The van der Waals surface area contributed by atoms with Crippen molar-refractivity contribution in [2.24, 2.45) is 7.05 Å². The number of nitrogens with zero attached hydrogens (tertiary/aromatic N) is 2. The fraction of sp³-hybridized carbons (Fsp3) is 0.333. The maximum Gasteiger partial charge on any atom is 0.227 e. The second-order valence-electron chi connectivity index (χ2n) is 9.76. The number of hydrogen-bond acceptors (Lipinski definition) is 7. The van der Waals surface area contributed by atoms with Crippen LogP contribution in [0, 0.1) is 13.8 Å². The van der Waals surface area contributed by atoms with Crippen molar-refractivity contribution in [2.75, 3.05) is 27.4 Å². The van der Waals surface area contributed by atoms with E-state index in [4.69, 9.17) is 18.6 Å². The van der Waals surface area contributed by atoms with Crippen molar-refractivity contribution >= 4 is 16.7 Å². The Hall–Kier alpha value is -4.04. The Morgan fingerprint density at radius 3 is 2.45 bits per heavy atom. The molecule has 5 rings (SSSR count). The lowest BCUT2D eigenvalue weighted by atomic mass is 9.98. The number of ether oxygens (including phenoxy) is 3. The number of carbonyl (C=O) groups is 1. The summed E-state index contributed by atoms with van der Waals surface area (Å²) in [6, 6.07) is 11.5. The fourth-order valence-corrected chi connectivity index (χ4v) is 5.16. The van der Waals surface area contributed by atoms with E-state index in [0.717, 1.165) is 46.4 Å². The van der Waals surface area contributed by atoms with Crippen LogP contribution in [0.4, 0.5) is 0 Å². The number of aromatic nitrogens is 1. The second-order valence-corrected chi connectivity index (χ2v) is 9.76. The maximum absolute atomic E-state index is 13.1. The van der Waals surface area contributed by atoms with Crippen LogP contribution in [0.1, 0.15) is 38.5 Å². The Morgan fingerprint density at radius 2 is 1.74 bits per heavy atom. The van der Waals surface area contributed by atoms with Crippen molar-refractivity contribution in [1.29, 1.82) is 0 Å². The minimum Gasteiger partial charge on any atom is -0.493 e. The lowest BCUT2D eigenvalue weighted by Gasteiger charge is -2.29. The molecule has 2 aromatic carbocycles. The molecule has 1 aliphatic rings. The molecule has 2 aromatic heterocycles. The summed E-state index contributed by atoms with van der Waals surface area (Å²) in [5.41, 5.74) is 5.67. The van der Waals surface area contributed by atoms with Crippen LogP contribution in [-0.4, -0.2) is 42.6 Å². The highest BCUT2D eigenvalue weighted by Crippen LogP contribution is 2.33. The molecule has 0 radical (unpaired) electrons. The molecule has 0 aliphatic carbocycles. The molecule has 3 heterocycles. The van der Waals surface area contributed by atoms with Crippen molar-refractivity contribution < 1.29 is 23.4 Å². The van der Waals surface area contributed by atoms with Crippen molar-refractivity contribution in [3.8, 4) is 17.2 Å². The van der Waals surface area contributed by atoms with E-state index in [1.165, 1.54) is 17.9 Å².